The standard InChI is InChI=1S/C21H28N2O.ClH/c1-22-13-15-23(16-14-22)12-5-17-24-21-10-8-20(9-11-21)18-19-6-3-2-4-7-19;/h2-4,6-11H,5,12-18H2,1H3;1H. The first kappa shape index (κ1) is 19.8. The van der Waals surface area contributed by atoms with Crippen LogP contribution in [0.3, 0.4) is 0 Å². The minimum absolute atomic E-state index is 0. The first-order valence-corrected chi connectivity index (χ1v) is 8.96. The molecule has 0 saturated carbocycles. The minimum Gasteiger partial charge on any atom is -0.494 e. The van der Waals surface area contributed by atoms with E-state index < -0.39 is 0 Å². The zero-order chi connectivity index (χ0) is 16.6. The van der Waals surface area contributed by atoms with Crippen LogP contribution in [-0.2, 0) is 6.42 Å². The third-order valence-corrected chi connectivity index (χ3v) is 4.66. The van der Waals surface area contributed by atoms with Gasteiger partial charge in [-0.1, -0.05) is 42.5 Å². The molecule has 1 aliphatic heterocycles. The summed E-state index contributed by atoms with van der Waals surface area (Å²) in [5.41, 5.74) is 2.67. The number of halogens is 1. The van der Waals surface area contributed by atoms with Crippen molar-refractivity contribution in [2.75, 3.05) is 46.4 Å². The molecule has 1 saturated heterocycles. The molecule has 3 nitrogen and oxygen atoms in total. The lowest BCUT2D eigenvalue weighted by Crippen LogP contribution is -2.44. The third-order valence-electron chi connectivity index (χ3n) is 4.66. The smallest absolute Gasteiger partial charge is 0.119 e. The zero-order valence-electron chi connectivity index (χ0n) is 15.1. The van der Waals surface area contributed by atoms with Gasteiger partial charge in [0, 0.05) is 32.7 Å². The number of rotatable bonds is 7. The van der Waals surface area contributed by atoms with Gasteiger partial charge in [0.15, 0.2) is 0 Å². The van der Waals surface area contributed by atoms with Gasteiger partial charge in [-0.25, -0.2) is 0 Å². The summed E-state index contributed by atoms with van der Waals surface area (Å²) in [6, 6.07) is 19.1. The maximum Gasteiger partial charge on any atom is 0.119 e. The summed E-state index contributed by atoms with van der Waals surface area (Å²) in [6.45, 7) is 6.67. The predicted octanol–water partition coefficient (Wildman–Crippen LogP) is 3.72. The van der Waals surface area contributed by atoms with Gasteiger partial charge in [-0.15, -0.1) is 12.4 Å². The van der Waals surface area contributed by atoms with Crippen LogP contribution >= 0.6 is 12.4 Å². The Hall–Kier alpha value is -1.55. The lowest BCUT2D eigenvalue weighted by atomic mass is 10.1. The first-order valence-electron chi connectivity index (χ1n) is 8.96. The van der Waals surface area contributed by atoms with Gasteiger partial charge in [0.25, 0.3) is 0 Å². The molecule has 0 unspecified atom stereocenters. The van der Waals surface area contributed by atoms with E-state index in [4.69, 9.17) is 4.74 Å². The van der Waals surface area contributed by atoms with Crippen LogP contribution in [0.25, 0.3) is 0 Å². The van der Waals surface area contributed by atoms with E-state index in [0.29, 0.717) is 0 Å². The quantitative estimate of drug-likeness (QED) is 0.700. The molecule has 2 aromatic rings. The van der Waals surface area contributed by atoms with E-state index in [1.165, 1.54) is 37.3 Å². The van der Waals surface area contributed by atoms with E-state index in [1.807, 2.05) is 0 Å². The highest BCUT2D eigenvalue weighted by atomic mass is 35.5. The summed E-state index contributed by atoms with van der Waals surface area (Å²) < 4.78 is 5.89. The number of likely N-dealkylation sites (N-methyl/N-ethyl adjacent to an activating group) is 1. The largest absolute Gasteiger partial charge is 0.494 e. The van der Waals surface area contributed by atoms with Gasteiger partial charge in [-0.3, -0.25) is 0 Å². The second-order valence-electron chi connectivity index (χ2n) is 6.65. The number of benzene rings is 2. The van der Waals surface area contributed by atoms with Crippen LogP contribution in [0.5, 0.6) is 5.75 Å². The van der Waals surface area contributed by atoms with Crippen LogP contribution in [0.2, 0.25) is 0 Å². The number of piperazine rings is 1. The van der Waals surface area contributed by atoms with Gasteiger partial charge in [-0.05, 0) is 43.1 Å². The Kier molecular flexibility index (Phi) is 8.26. The van der Waals surface area contributed by atoms with Crippen molar-refractivity contribution in [1.29, 1.82) is 0 Å². The average Bonchev–Trinajstić information content (AvgIpc) is 2.62. The fourth-order valence-electron chi connectivity index (χ4n) is 3.08. The van der Waals surface area contributed by atoms with Crippen molar-refractivity contribution in [3.05, 3.63) is 65.7 Å². The number of nitrogens with zero attached hydrogens (tertiary/aromatic N) is 2. The lowest BCUT2D eigenvalue weighted by Gasteiger charge is -2.32. The highest BCUT2D eigenvalue weighted by Crippen LogP contribution is 2.15. The Balaban J connectivity index is 0.00000225. The van der Waals surface area contributed by atoms with Crippen LogP contribution in [0, 0.1) is 0 Å². The van der Waals surface area contributed by atoms with Crippen molar-refractivity contribution < 1.29 is 4.74 Å². The SMILES string of the molecule is CN1CCN(CCCOc2ccc(Cc3ccccc3)cc2)CC1.Cl. The topological polar surface area (TPSA) is 15.7 Å². The summed E-state index contributed by atoms with van der Waals surface area (Å²) in [7, 11) is 2.20. The van der Waals surface area contributed by atoms with Crippen molar-refractivity contribution in [2.45, 2.75) is 12.8 Å². The molecular formula is C21H29ClN2O. The summed E-state index contributed by atoms with van der Waals surface area (Å²) in [5, 5.41) is 0. The fourth-order valence-corrected chi connectivity index (χ4v) is 3.08. The Labute approximate surface area is 158 Å². The molecule has 0 spiro atoms. The third kappa shape index (κ3) is 6.69. The molecule has 136 valence electrons. The van der Waals surface area contributed by atoms with Crippen LogP contribution in [0.15, 0.2) is 54.6 Å². The van der Waals surface area contributed by atoms with E-state index in [1.54, 1.807) is 0 Å². The second kappa shape index (κ2) is 10.4. The summed E-state index contributed by atoms with van der Waals surface area (Å²) in [4.78, 5) is 4.93. The Morgan fingerprint density at radius 3 is 2.16 bits per heavy atom. The number of hydrogen-bond donors (Lipinski definition) is 0. The summed E-state index contributed by atoms with van der Waals surface area (Å²) in [6.07, 6.45) is 2.07. The van der Waals surface area contributed by atoms with Gasteiger partial charge >= 0.3 is 0 Å². The highest BCUT2D eigenvalue weighted by Gasteiger charge is 2.12. The highest BCUT2D eigenvalue weighted by molar-refractivity contribution is 5.85. The zero-order valence-corrected chi connectivity index (χ0v) is 15.9. The van der Waals surface area contributed by atoms with Gasteiger partial charge < -0.3 is 14.5 Å². The molecule has 1 aliphatic rings. The number of hydrogen-bond acceptors (Lipinski definition) is 3. The molecule has 2 aromatic carbocycles. The molecule has 0 amide bonds. The van der Waals surface area contributed by atoms with Gasteiger partial charge in [0.2, 0.25) is 0 Å². The van der Waals surface area contributed by atoms with Crippen molar-refractivity contribution >= 4 is 12.4 Å². The lowest BCUT2D eigenvalue weighted by molar-refractivity contribution is 0.145. The van der Waals surface area contributed by atoms with Crippen LogP contribution in [0.4, 0.5) is 0 Å². The molecule has 0 radical (unpaired) electrons. The summed E-state index contributed by atoms with van der Waals surface area (Å²) >= 11 is 0. The molecule has 0 atom stereocenters. The Morgan fingerprint density at radius 2 is 1.48 bits per heavy atom. The van der Waals surface area contributed by atoms with E-state index in [0.717, 1.165) is 31.7 Å². The van der Waals surface area contributed by atoms with E-state index in [9.17, 15) is 0 Å². The molecular weight excluding hydrogens is 332 g/mol. The fraction of sp³-hybridized carbons (Fsp3) is 0.429. The van der Waals surface area contributed by atoms with Crippen molar-refractivity contribution in [1.82, 2.24) is 9.80 Å². The van der Waals surface area contributed by atoms with Crippen molar-refractivity contribution in [3.63, 3.8) is 0 Å². The maximum atomic E-state index is 5.89. The molecule has 0 bridgehead atoms. The van der Waals surface area contributed by atoms with E-state index in [-0.39, 0.29) is 12.4 Å². The monoisotopic (exact) mass is 360 g/mol. The van der Waals surface area contributed by atoms with Gasteiger partial charge in [0.1, 0.15) is 5.75 Å². The Bertz CT molecular complexity index is 595. The molecule has 1 heterocycles. The summed E-state index contributed by atoms with van der Waals surface area (Å²) in [5.74, 6) is 0.977. The van der Waals surface area contributed by atoms with Crippen molar-refractivity contribution in [2.24, 2.45) is 0 Å². The van der Waals surface area contributed by atoms with Crippen LogP contribution in [-0.4, -0.2) is 56.2 Å². The first-order chi connectivity index (χ1) is 11.8. The molecule has 4 heteroatoms. The molecule has 0 N–H and O–H groups in total. The maximum absolute atomic E-state index is 5.89. The van der Waals surface area contributed by atoms with Gasteiger partial charge in [-0.2, -0.15) is 0 Å². The van der Waals surface area contributed by atoms with Crippen LogP contribution < -0.4 is 4.74 Å². The molecule has 3 rings (SSSR count). The Morgan fingerprint density at radius 1 is 0.840 bits per heavy atom. The molecule has 0 aromatic heterocycles. The van der Waals surface area contributed by atoms with Crippen LogP contribution in [0.1, 0.15) is 17.5 Å². The molecule has 25 heavy (non-hydrogen) atoms. The molecule has 0 aliphatic carbocycles. The second-order valence-corrected chi connectivity index (χ2v) is 6.65. The van der Waals surface area contributed by atoms with Crippen molar-refractivity contribution in [3.8, 4) is 5.75 Å². The number of ether oxygens (including phenoxy) is 1. The minimum atomic E-state index is 0. The average molecular weight is 361 g/mol. The van der Waals surface area contributed by atoms with E-state index >= 15 is 0 Å². The molecule has 1 fully saturated rings. The predicted molar refractivity (Wildman–Crippen MR) is 107 cm³/mol. The normalized spacial score (nSPS) is 15.6. The van der Waals surface area contributed by atoms with E-state index in [2.05, 4.69) is 71.4 Å². The van der Waals surface area contributed by atoms with Gasteiger partial charge in [0.05, 0.1) is 6.61 Å².